The number of carbonyl (C=O) groups excluding carboxylic acids is 1. The zero-order valence-corrected chi connectivity index (χ0v) is 10.8. The van der Waals surface area contributed by atoms with E-state index in [2.05, 4.69) is 27.7 Å². The van der Waals surface area contributed by atoms with E-state index in [4.69, 9.17) is 0 Å². The maximum absolute atomic E-state index is 11.3. The van der Waals surface area contributed by atoms with Crippen molar-refractivity contribution in [2.24, 2.45) is 17.3 Å². The van der Waals surface area contributed by atoms with Crippen molar-refractivity contribution in [1.29, 1.82) is 0 Å². The van der Waals surface area contributed by atoms with Crippen molar-refractivity contribution < 1.29 is 4.79 Å². The van der Waals surface area contributed by atoms with Crippen molar-refractivity contribution in [2.75, 3.05) is 0 Å². The summed E-state index contributed by atoms with van der Waals surface area (Å²) in [4.78, 5) is 11.3. The molecule has 0 amide bonds. The summed E-state index contributed by atoms with van der Waals surface area (Å²) < 4.78 is 0. The van der Waals surface area contributed by atoms with Crippen LogP contribution in [-0.2, 0) is 4.79 Å². The SMILES string of the molecule is CC(C)CC1(CC(C)C)CCC(=O)CC1. The summed E-state index contributed by atoms with van der Waals surface area (Å²) in [5.74, 6) is 2.01. The molecule has 0 aromatic heterocycles. The third-order valence-electron chi connectivity index (χ3n) is 3.55. The standard InChI is InChI=1S/C14H26O/c1-11(2)9-14(10-12(3)4)7-5-13(15)6-8-14/h11-12H,5-10H2,1-4H3. The first-order valence-electron chi connectivity index (χ1n) is 6.45. The summed E-state index contributed by atoms with van der Waals surface area (Å²) in [5, 5.41) is 0. The van der Waals surface area contributed by atoms with E-state index in [1.165, 1.54) is 12.8 Å². The molecule has 0 N–H and O–H groups in total. The van der Waals surface area contributed by atoms with E-state index in [0.29, 0.717) is 11.2 Å². The van der Waals surface area contributed by atoms with E-state index < -0.39 is 0 Å². The molecule has 1 heteroatoms. The van der Waals surface area contributed by atoms with E-state index in [9.17, 15) is 4.79 Å². The molecule has 15 heavy (non-hydrogen) atoms. The Morgan fingerprint density at radius 1 is 1.00 bits per heavy atom. The lowest BCUT2D eigenvalue weighted by atomic mass is 9.65. The number of hydrogen-bond acceptors (Lipinski definition) is 1. The summed E-state index contributed by atoms with van der Waals surface area (Å²) in [6.45, 7) is 9.22. The van der Waals surface area contributed by atoms with E-state index in [1.54, 1.807) is 0 Å². The van der Waals surface area contributed by atoms with Crippen LogP contribution in [0.4, 0.5) is 0 Å². The van der Waals surface area contributed by atoms with Crippen LogP contribution in [0.3, 0.4) is 0 Å². The van der Waals surface area contributed by atoms with Crippen molar-refractivity contribution in [3.05, 3.63) is 0 Å². The minimum atomic E-state index is 0.482. The molecule has 1 aliphatic carbocycles. The molecular formula is C14H26O. The van der Waals surface area contributed by atoms with Gasteiger partial charge >= 0.3 is 0 Å². The summed E-state index contributed by atoms with van der Waals surface area (Å²) in [7, 11) is 0. The molecule has 1 rings (SSSR count). The normalized spacial score (nSPS) is 21.3. The van der Waals surface area contributed by atoms with Gasteiger partial charge in [0.25, 0.3) is 0 Å². The summed E-state index contributed by atoms with van der Waals surface area (Å²) >= 11 is 0. The Morgan fingerprint density at radius 2 is 1.40 bits per heavy atom. The third-order valence-corrected chi connectivity index (χ3v) is 3.55. The predicted molar refractivity (Wildman–Crippen MR) is 64.8 cm³/mol. The second kappa shape index (κ2) is 5.14. The molecule has 1 aliphatic rings. The van der Waals surface area contributed by atoms with Gasteiger partial charge in [-0.2, -0.15) is 0 Å². The molecule has 0 aromatic carbocycles. The number of hydrogen-bond donors (Lipinski definition) is 0. The maximum atomic E-state index is 11.3. The van der Waals surface area contributed by atoms with Crippen molar-refractivity contribution in [2.45, 2.75) is 66.2 Å². The maximum Gasteiger partial charge on any atom is 0.132 e. The highest BCUT2D eigenvalue weighted by Crippen LogP contribution is 2.45. The molecule has 0 aromatic rings. The fraction of sp³-hybridized carbons (Fsp3) is 0.929. The third kappa shape index (κ3) is 3.96. The molecule has 0 saturated heterocycles. The number of Topliss-reactive ketones (excluding diaryl/α,β-unsaturated/α-hetero) is 1. The van der Waals surface area contributed by atoms with Crippen LogP contribution in [0.1, 0.15) is 66.2 Å². The molecule has 1 saturated carbocycles. The minimum Gasteiger partial charge on any atom is -0.300 e. The molecule has 0 aliphatic heterocycles. The number of rotatable bonds is 4. The second-order valence-electron chi connectivity index (χ2n) is 6.23. The largest absolute Gasteiger partial charge is 0.300 e. The van der Waals surface area contributed by atoms with E-state index in [1.807, 2.05) is 0 Å². The Hall–Kier alpha value is -0.330. The first-order valence-corrected chi connectivity index (χ1v) is 6.45. The molecule has 0 heterocycles. The van der Waals surface area contributed by atoms with Gasteiger partial charge in [-0.1, -0.05) is 27.7 Å². The lowest BCUT2D eigenvalue weighted by molar-refractivity contribution is -0.123. The molecule has 0 spiro atoms. The highest BCUT2D eigenvalue weighted by atomic mass is 16.1. The van der Waals surface area contributed by atoms with Gasteiger partial charge in [0.2, 0.25) is 0 Å². The quantitative estimate of drug-likeness (QED) is 0.679. The van der Waals surface area contributed by atoms with Crippen LogP contribution in [0.5, 0.6) is 0 Å². The Kier molecular flexibility index (Phi) is 4.36. The predicted octanol–water partition coefficient (Wildman–Crippen LogP) is 4.21. The minimum absolute atomic E-state index is 0.482. The first kappa shape index (κ1) is 12.7. The zero-order valence-electron chi connectivity index (χ0n) is 10.8. The van der Waals surface area contributed by atoms with Gasteiger partial charge in [0.1, 0.15) is 5.78 Å². The fourth-order valence-electron chi connectivity index (χ4n) is 3.28. The van der Waals surface area contributed by atoms with Crippen LogP contribution in [0, 0.1) is 17.3 Å². The van der Waals surface area contributed by atoms with Gasteiger partial charge < -0.3 is 0 Å². The van der Waals surface area contributed by atoms with Crippen LogP contribution in [-0.4, -0.2) is 5.78 Å². The van der Waals surface area contributed by atoms with Gasteiger partial charge in [-0.05, 0) is 42.9 Å². The summed E-state index contributed by atoms with van der Waals surface area (Å²) in [5.41, 5.74) is 0.482. The molecule has 0 unspecified atom stereocenters. The summed E-state index contributed by atoms with van der Waals surface area (Å²) in [6.07, 6.45) is 6.56. The van der Waals surface area contributed by atoms with E-state index >= 15 is 0 Å². The summed E-state index contributed by atoms with van der Waals surface area (Å²) in [6, 6.07) is 0. The van der Waals surface area contributed by atoms with E-state index in [0.717, 1.165) is 37.5 Å². The Labute approximate surface area is 94.6 Å². The molecule has 0 atom stereocenters. The lowest BCUT2D eigenvalue weighted by Gasteiger charge is -2.39. The van der Waals surface area contributed by atoms with Gasteiger partial charge in [0, 0.05) is 12.8 Å². The fourth-order valence-corrected chi connectivity index (χ4v) is 3.28. The van der Waals surface area contributed by atoms with Crippen molar-refractivity contribution in [3.8, 4) is 0 Å². The lowest BCUT2D eigenvalue weighted by Crippen LogP contribution is -2.30. The van der Waals surface area contributed by atoms with Crippen LogP contribution in [0.25, 0.3) is 0 Å². The molecule has 0 radical (unpaired) electrons. The highest BCUT2D eigenvalue weighted by molar-refractivity contribution is 5.79. The number of ketones is 1. The number of carbonyl (C=O) groups is 1. The molecular weight excluding hydrogens is 184 g/mol. The van der Waals surface area contributed by atoms with E-state index in [-0.39, 0.29) is 0 Å². The average Bonchev–Trinajstić information content (AvgIpc) is 2.08. The smallest absolute Gasteiger partial charge is 0.132 e. The van der Waals surface area contributed by atoms with Crippen molar-refractivity contribution in [1.82, 2.24) is 0 Å². The van der Waals surface area contributed by atoms with Crippen LogP contribution in [0.15, 0.2) is 0 Å². The topological polar surface area (TPSA) is 17.1 Å². The van der Waals surface area contributed by atoms with Crippen LogP contribution < -0.4 is 0 Å². The van der Waals surface area contributed by atoms with Crippen molar-refractivity contribution in [3.63, 3.8) is 0 Å². The molecule has 88 valence electrons. The van der Waals surface area contributed by atoms with Gasteiger partial charge in [0.05, 0.1) is 0 Å². The van der Waals surface area contributed by atoms with Gasteiger partial charge in [0.15, 0.2) is 0 Å². The Bertz CT molecular complexity index is 193. The Morgan fingerprint density at radius 3 is 1.73 bits per heavy atom. The first-order chi connectivity index (χ1) is 6.93. The Balaban J connectivity index is 2.63. The van der Waals surface area contributed by atoms with Gasteiger partial charge in [-0.25, -0.2) is 0 Å². The van der Waals surface area contributed by atoms with Crippen molar-refractivity contribution >= 4 is 5.78 Å². The zero-order chi connectivity index (χ0) is 11.5. The van der Waals surface area contributed by atoms with Crippen LogP contribution in [0.2, 0.25) is 0 Å². The van der Waals surface area contributed by atoms with Gasteiger partial charge in [-0.3, -0.25) is 4.79 Å². The van der Waals surface area contributed by atoms with Crippen LogP contribution >= 0.6 is 0 Å². The van der Waals surface area contributed by atoms with Gasteiger partial charge in [-0.15, -0.1) is 0 Å². The second-order valence-corrected chi connectivity index (χ2v) is 6.23. The molecule has 1 nitrogen and oxygen atoms in total. The molecule has 1 fully saturated rings. The monoisotopic (exact) mass is 210 g/mol. The highest BCUT2D eigenvalue weighted by Gasteiger charge is 2.35. The average molecular weight is 210 g/mol. The molecule has 0 bridgehead atoms.